The number of nitrogens with two attached hydrogens (primary N) is 1. The lowest BCUT2D eigenvalue weighted by Crippen LogP contribution is -2.34. The van der Waals surface area contributed by atoms with E-state index in [0.717, 1.165) is 12.0 Å². The molecular weight excluding hydrogens is 292 g/mol. The van der Waals surface area contributed by atoms with Gasteiger partial charge in [0.2, 0.25) is 5.91 Å². The van der Waals surface area contributed by atoms with E-state index in [1.807, 2.05) is 24.3 Å². The van der Waals surface area contributed by atoms with E-state index in [2.05, 4.69) is 4.74 Å². The first-order chi connectivity index (χ1) is 9.93. The van der Waals surface area contributed by atoms with Crippen molar-refractivity contribution in [2.45, 2.75) is 25.3 Å². The van der Waals surface area contributed by atoms with Crippen molar-refractivity contribution in [3.05, 3.63) is 34.9 Å². The van der Waals surface area contributed by atoms with E-state index >= 15 is 0 Å². The summed E-state index contributed by atoms with van der Waals surface area (Å²) in [6.07, 6.45) is 1.27. The summed E-state index contributed by atoms with van der Waals surface area (Å²) in [4.78, 5) is 24.7. The maximum absolute atomic E-state index is 11.9. The zero-order chi connectivity index (χ0) is 15.8. The second-order valence-corrected chi connectivity index (χ2v) is 5.30. The third-order valence-corrected chi connectivity index (χ3v) is 3.50. The van der Waals surface area contributed by atoms with Gasteiger partial charge in [-0.25, -0.2) is 0 Å². The highest BCUT2D eigenvalue weighted by Gasteiger charge is 2.17. The number of amides is 1. The third kappa shape index (κ3) is 6.14. The first kappa shape index (κ1) is 17.5. The summed E-state index contributed by atoms with van der Waals surface area (Å²) in [5.74, 6) is -0.532. The number of rotatable bonds is 7. The standard InChI is InChI=1S/C15H21ClN2O3/c1-18(10-9-11-3-5-12(16)6-4-11)14(19)8-7-13(17)15(20)21-2/h3-6,13H,7-10,17H2,1-2H3. The molecule has 1 atom stereocenters. The average Bonchev–Trinajstić information content (AvgIpc) is 2.50. The molecule has 0 spiro atoms. The molecule has 1 unspecified atom stereocenters. The van der Waals surface area contributed by atoms with Crippen LogP contribution in [0.3, 0.4) is 0 Å². The van der Waals surface area contributed by atoms with Crippen molar-refractivity contribution in [1.82, 2.24) is 4.90 Å². The summed E-state index contributed by atoms with van der Waals surface area (Å²) in [5.41, 5.74) is 6.71. The van der Waals surface area contributed by atoms with Crippen molar-refractivity contribution in [3.63, 3.8) is 0 Å². The van der Waals surface area contributed by atoms with Gasteiger partial charge < -0.3 is 15.4 Å². The highest BCUT2D eigenvalue weighted by atomic mass is 35.5. The molecule has 0 aliphatic heterocycles. The second kappa shape index (κ2) is 8.64. The highest BCUT2D eigenvalue weighted by Crippen LogP contribution is 2.10. The molecule has 1 aromatic carbocycles. The van der Waals surface area contributed by atoms with Crippen LogP contribution in [0.4, 0.5) is 0 Å². The second-order valence-electron chi connectivity index (χ2n) is 4.86. The van der Waals surface area contributed by atoms with Crippen LogP contribution in [0.2, 0.25) is 5.02 Å². The molecule has 0 bridgehead atoms. The molecule has 2 N–H and O–H groups in total. The fourth-order valence-corrected chi connectivity index (χ4v) is 1.94. The van der Waals surface area contributed by atoms with Gasteiger partial charge in [-0.3, -0.25) is 9.59 Å². The Morgan fingerprint density at radius 2 is 1.95 bits per heavy atom. The molecule has 6 heteroatoms. The summed E-state index contributed by atoms with van der Waals surface area (Å²) >= 11 is 5.82. The van der Waals surface area contributed by atoms with Crippen molar-refractivity contribution >= 4 is 23.5 Å². The van der Waals surface area contributed by atoms with Crippen LogP contribution in [0.25, 0.3) is 0 Å². The van der Waals surface area contributed by atoms with Crippen LogP contribution in [0, 0.1) is 0 Å². The molecule has 0 aliphatic carbocycles. The van der Waals surface area contributed by atoms with E-state index in [0.29, 0.717) is 11.6 Å². The average molecular weight is 313 g/mol. The fourth-order valence-electron chi connectivity index (χ4n) is 1.81. The number of hydrogen-bond acceptors (Lipinski definition) is 4. The molecule has 1 rings (SSSR count). The van der Waals surface area contributed by atoms with E-state index in [-0.39, 0.29) is 18.7 Å². The van der Waals surface area contributed by atoms with Crippen molar-refractivity contribution in [1.29, 1.82) is 0 Å². The number of ether oxygens (including phenoxy) is 1. The Balaban J connectivity index is 2.34. The van der Waals surface area contributed by atoms with E-state index in [1.54, 1.807) is 11.9 Å². The maximum atomic E-state index is 11.9. The Labute approximate surface area is 130 Å². The van der Waals surface area contributed by atoms with Crippen LogP contribution in [0.5, 0.6) is 0 Å². The van der Waals surface area contributed by atoms with Gasteiger partial charge >= 0.3 is 5.97 Å². The molecule has 21 heavy (non-hydrogen) atoms. The van der Waals surface area contributed by atoms with Crippen LogP contribution in [-0.2, 0) is 20.7 Å². The minimum absolute atomic E-state index is 0.0386. The highest BCUT2D eigenvalue weighted by molar-refractivity contribution is 6.30. The smallest absolute Gasteiger partial charge is 0.322 e. The fraction of sp³-hybridized carbons (Fsp3) is 0.467. The molecule has 0 fully saturated rings. The number of esters is 1. The largest absolute Gasteiger partial charge is 0.468 e. The number of halogens is 1. The van der Waals surface area contributed by atoms with Crippen LogP contribution in [0.1, 0.15) is 18.4 Å². The molecule has 1 amide bonds. The van der Waals surface area contributed by atoms with Crippen molar-refractivity contribution in [3.8, 4) is 0 Å². The van der Waals surface area contributed by atoms with Gasteiger partial charge in [-0.15, -0.1) is 0 Å². The molecule has 1 aromatic rings. The predicted molar refractivity (Wildman–Crippen MR) is 82.0 cm³/mol. The van der Waals surface area contributed by atoms with Gasteiger partial charge in [0, 0.05) is 25.0 Å². The molecule has 0 aliphatic rings. The van der Waals surface area contributed by atoms with E-state index in [9.17, 15) is 9.59 Å². The summed E-state index contributed by atoms with van der Waals surface area (Å²) in [5, 5.41) is 0.694. The van der Waals surface area contributed by atoms with E-state index in [4.69, 9.17) is 17.3 Å². The normalized spacial score (nSPS) is 11.8. The lowest BCUT2D eigenvalue weighted by atomic mass is 10.1. The third-order valence-electron chi connectivity index (χ3n) is 3.25. The molecule has 0 aromatic heterocycles. The summed E-state index contributed by atoms with van der Waals surface area (Å²) in [6, 6.07) is 6.78. The maximum Gasteiger partial charge on any atom is 0.322 e. The lowest BCUT2D eigenvalue weighted by molar-refractivity contribution is -0.142. The molecule has 116 valence electrons. The van der Waals surface area contributed by atoms with Crippen LogP contribution < -0.4 is 5.73 Å². The lowest BCUT2D eigenvalue weighted by Gasteiger charge is -2.18. The predicted octanol–water partition coefficient (Wildman–Crippen LogP) is 1.62. The van der Waals surface area contributed by atoms with E-state index < -0.39 is 12.0 Å². The van der Waals surface area contributed by atoms with Gasteiger partial charge in [0.25, 0.3) is 0 Å². The monoisotopic (exact) mass is 312 g/mol. The van der Waals surface area contributed by atoms with Gasteiger partial charge in [0.15, 0.2) is 0 Å². The summed E-state index contributed by atoms with van der Waals surface area (Å²) in [7, 11) is 3.02. The van der Waals surface area contributed by atoms with Gasteiger partial charge in [-0.2, -0.15) is 0 Å². The molecule has 5 nitrogen and oxygen atoms in total. The number of benzene rings is 1. The Morgan fingerprint density at radius 1 is 1.33 bits per heavy atom. The minimum atomic E-state index is -0.747. The number of carbonyl (C=O) groups excluding carboxylic acids is 2. The zero-order valence-corrected chi connectivity index (χ0v) is 13.1. The van der Waals surface area contributed by atoms with Crippen molar-refractivity contribution < 1.29 is 14.3 Å². The van der Waals surface area contributed by atoms with Crippen molar-refractivity contribution in [2.75, 3.05) is 20.7 Å². The number of hydrogen-bond donors (Lipinski definition) is 1. The SMILES string of the molecule is COC(=O)C(N)CCC(=O)N(C)CCc1ccc(Cl)cc1. The minimum Gasteiger partial charge on any atom is -0.468 e. The molecule has 0 radical (unpaired) electrons. The Bertz CT molecular complexity index is 476. The number of likely N-dealkylation sites (N-methyl/N-ethyl adjacent to an activating group) is 1. The van der Waals surface area contributed by atoms with Gasteiger partial charge in [0.05, 0.1) is 7.11 Å². The Kier molecular flexibility index (Phi) is 7.19. The number of carbonyl (C=O) groups is 2. The van der Waals surface area contributed by atoms with Crippen molar-refractivity contribution in [2.24, 2.45) is 5.73 Å². The van der Waals surface area contributed by atoms with Gasteiger partial charge in [0.1, 0.15) is 6.04 Å². The van der Waals surface area contributed by atoms with E-state index in [1.165, 1.54) is 7.11 Å². The first-order valence-corrected chi connectivity index (χ1v) is 7.13. The number of nitrogens with zero attached hydrogens (tertiary/aromatic N) is 1. The van der Waals surface area contributed by atoms with Gasteiger partial charge in [-0.1, -0.05) is 23.7 Å². The Hall–Kier alpha value is -1.59. The Morgan fingerprint density at radius 3 is 2.52 bits per heavy atom. The molecular formula is C15H21ClN2O3. The summed E-state index contributed by atoms with van der Waals surface area (Å²) in [6.45, 7) is 0.605. The van der Waals surface area contributed by atoms with Crippen LogP contribution >= 0.6 is 11.6 Å². The quantitative estimate of drug-likeness (QED) is 0.777. The zero-order valence-electron chi connectivity index (χ0n) is 12.3. The topological polar surface area (TPSA) is 72.6 Å². The summed E-state index contributed by atoms with van der Waals surface area (Å²) < 4.78 is 4.52. The molecule has 0 saturated heterocycles. The molecule has 0 heterocycles. The molecule has 0 saturated carbocycles. The number of methoxy groups -OCH3 is 1. The first-order valence-electron chi connectivity index (χ1n) is 6.76. The van der Waals surface area contributed by atoms with Crippen LogP contribution in [-0.4, -0.2) is 43.5 Å². The van der Waals surface area contributed by atoms with Gasteiger partial charge in [-0.05, 0) is 30.5 Å². The van der Waals surface area contributed by atoms with Crippen LogP contribution in [0.15, 0.2) is 24.3 Å².